The molecule has 18 heavy (non-hydrogen) atoms. The Morgan fingerprint density at radius 2 is 1.94 bits per heavy atom. The minimum absolute atomic E-state index is 0.901. The quantitative estimate of drug-likeness (QED) is 0.774. The van der Waals surface area contributed by atoms with Crippen molar-refractivity contribution in [3.05, 3.63) is 41.7 Å². The molecule has 1 aromatic carbocycles. The van der Waals surface area contributed by atoms with Crippen LogP contribution in [-0.4, -0.2) is 22.6 Å². The Hall–Kier alpha value is -1.42. The number of methoxy groups -OCH3 is 1. The van der Waals surface area contributed by atoms with Gasteiger partial charge in [0.1, 0.15) is 5.75 Å². The third-order valence-corrected chi connectivity index (χ3v) is 3.73. The zero-order chi connectivity index (χ0) is 13.0. The molecule has 0 saturated carbocycles. The summed E-state index contributed by atoms with van der Waals surface area (Å²) in [6.45, 7) is 5.06. The molecule has 0 atom stereocenters. The molecule has 3 nitrogen and oxygen atoms in total. The first-order chi connectivity index (χ1) is 8.69. The van der Waals surface area contributed by atoms with E-state index in [9.17, 15) is 0 Å². The Bertz CT molecular complexity index is 505. The molecule has 0 saturated heterocycles. The van der Waals surface area contributed by atoms with Gasteiger partial charge in [-0.1, -0.05) is 0 Å². The molecule has 0 bridgehead atoms. The number of hydrogen-bond donors (Lipinski definition) is 0. The first-order valence-electron chi connectivity index (χ1n) is 5.97. The van der Waals surface area contributed by atoms with E-state index in [0.29, 0.717) is 0 Å². The molecule has 1 aromatic heterocycles. The minimum Gasteiger partial charge on any atom is -0.497 e. The Morgan fingerprint density at radius 1 is 1.22 bits per heavy atom. The fourth-order valence-electron chi connectivity index (χ4n) is 1.82. The second-order valence-electron chi connectivity index (χ2n) is 4.17. The molecule has 96 valence electrons. The largest absolute Gasteiger partial charge is 0.497 e. The second kappa shape index (κ2) is 5.96. The highest BCUT2D eigenvalue weighted by atomic mass is 32.2. The van der Waals surface area contributed by atoms with Gasteiger partial charge in [-0.25, -0.2) is 0 Å². The van der Waals surface area contributed by atoms with Crippen molar-refractivity contribution < 1.29 is 4.74 Å². The average Bonchev–Trinajstić information content (AvgIpc) is 2.69. The standard InChI is InChI=1S/C14H18N2OS/c1-11-10-12(2)16(15-11)8-9-18-14-6-4-13(17-3)5-7-14/h4-7,10H,8-9H2,1-3H3. The maximum atomic E-state index is 5.14. The maximum Gasteiger partial charge on any atom is 0.118 e. The van der Waals surface area contributed by atoms with E-state index in [1.54, 1.807) is 7.11 Å². The molecule has 4 heteroatoms. The molecule has 0 spiro atoms. The first-order valence-corrected chi connectivity index (χ1v) is 6.95. The van der Waals surface area contributed by atoms with E-state index in [1.807, 2.05) is 30.8 Å². The van der Waals surface area contributed by atoms with Gasteiger partial charge in [-0.3, -0.25) is 4.68 Å². The molecule has 0 unspecified atom stereocenters. The number of nitrogens with zero attached hydrogens (tertiary/aromatic N) is 2. The molecule has 0 aliphatic heterocycles. The summed E-state index contributed by atoms with van der Waals surface area (Å²) < 4.78 is 7.20. The van der Waals surface area contributed by atoms with E-state index in [0.717, 1.165) is 23.7 Å². The molecule has 2 aromatic rings. The van der Waals surface area contributed by atoms with Crippen molar-refractivity contribution in [2.75, 3.05) is 12.9 Å². The fourth-order valence-corrected chi connectivity index (χ4v) is 2.65. The Kier molecular flexibility index (Phi) is 4.31. The number of thioether (sulfide) groups is 1. The van der Waals surface area contributed by atoms with Gasteiger partial charge in [-0.2, -0.15) is 5.10 Å². The van der Waals surface area contributed by atoms with Crippen LogP contribution in [0.2, 0.25) is 0 Å². The Labute approximate surface area is 112 Å². The molecule has 0 radical (unpaired) electrons. The molecule has 0 N–H and O–H groups in total. The van der Waals surface area contributed by atoms with Crippen LogP contribution in [0.4, 0.5) is 0 Å². The van der Waals surface area contributed by atoms with Gasteiger partial charge in [-0.05, 0) is 44.2 Å². The molecule has 0 amide bonds. The van der Waals surface area contributed by atoms with Gasteiger partial charge in [0.15, 0.2) is 0 Å². The summed E-state index contributed by atoms with van der Waals surface area (Å²) in [5.41, 5.74) is 2.31. The summed E-state index contributed by atoms with van der Waals surface area (Å²) in [4.78, 5) is 1.26. The highest BCUT2D eigenvalue weighted by Gasteiger charge is 2.01. The van der Waals surface area contributed by atoms with Gasteiger partial charge in [0.05, 0.1) is 19.3 Å². The van der Waals surface area contributed by atoms with E-state index in [2.05, 4.69) is 34.9 Å². The van der Waals surface area contributed by atoms with Crippen LogP contribution in [-0.2, 0) is 6.54 Å². The highest BCUT2D eigenvalue weighted by molar-refractivity contribution is 7.99. The SMILES string of the molecule is COc1ccc(SCCn2nc(C)cc2C)cc1. The lowest BCUT2D eigenvalue weighted by molar-refractivity contribution is 0.414. The third-order valence-electron chi connectivity index (χ3n) is 2.73. The van der Waals surface area contributed by atoms with Crippen LogP contribution in [0.25, 0.3) is 0 Å². The van der Waals surface area contributed by atoms with Crippen molar-refractivity contribution in [2.45, 2.75) is 25.3 Å². The number of benzene rings is 1. The lowest BCUT2D eigenvalue weighted by Crippen LogP contribution is -2.04. The van der Waals surface area contributed by atoms with E-state index in [1.165, 1.54) is 10.6 Å². The van der Waals surface area contributed by atoms with E-state index in [4.69, 9.17) is 4.74 Å². The molecule has 2 rings (SSSR count). The zero-order valence-electron chi connectivity index (χ0n) is 11.0. The molecule has 0 aliphatic rings. The van der Waals surface area contributed by atoms with Crippen molar-refractivity contribution in [3.63, 3.8) is 0 Å². The van der Waals surface area contributed by atoms with Crippen LogP contribution in [0.15, 0.2) is 35.2 Å². The minimum atomic E-state index is 0.901. The number of aromatic nitrogens is 2. The topological polar surface area (TPSA) is 27.1 Å². The summed E-state index contributed by atoms with van der Waals surface area (Å²) in [6.07, 6.45) is 0. The van der Waals surface area contributed by atoms with Crippen molar-refractivity contribution in [1.82, 2.24) is 9.78 Å². The van der Waals surface area contributed by atoms with Crippen molar-refractivity contribution in [1.29, 1.82) is 0 Å². The van der Waals surface area contributed by atoms with Crippen LogP contribution < -0.4 is 4.74 Å². The van der Waals surface area contributed by atoms with E-state index in [-0.39, 0.29) is 0 Å². The number of aryl methyl sites for hydroxylation is 3. The van der Waals surface area contributed by atoms with Gasteiger partial charge < -0.3 is 4.74 Å². The van der Waals surface area contributed by atoms with Crippen LogP contribution >= 0.6 is 11.8 Å². The van der Waals surface area contributed by atoms with Gasteiger partial charge in [0, 0.05) is 16.3 Å². The predicted molar refractivity (Wildman–Crippen MR) is 75.4 cm³/mol. The van der Waals surface area contributed by atoms with Crippen LogP contribution in [0.1, 0.15) is 11.4 Å². The highest BCUT2D eigenvalue weighted by Crippen LogP contribution is 2.21. The third kappa shape index (κ3) is 3.29. The van der Waals surface area contributed by atoms with Gasteiger partial charge in [0.2, 0.25) is 0 Å². The lowest BCUT2D eigenvalue weighted by atomic mass is 10.3. The van der Waals surface area contributed by atoms with Crippen molar-refractivity contribution in [2.24, 2.45) is 0 Å². The van der Waals surface area contributed by atoms with Crippen molar-refractivity contribution >= 4 is 11.8 Å². The predicted octanol–water partition coefficient (Wildman–Crippen LogP) is 3.30. The number of ether oxygens (including phenoxy) is 1. The molecule has 1 heterocycles. The molecular weight excluding hydrogens is 244 g/mol. The molecule has 0 fully saturated rings. The first kappa shape index (κ1) is 13.0. The fraction of sp³-hybridized carbons (Fsp3) is 0.357. The van der Waals surface area contributed by atoms with E-state index >= 15 is 0 Å². The Balaban J connectivity index is 1.86. The summed E-state index contributed by atoms with van der Waals surface area (Å²) >= 11 is 1.84. The number of rotatable bonds is 5. The maximum absolute atomic E-state index is 5.14. The normalized spacial score (nSPS) is 10.6. The smallest absolute Gasteiger partial charge is 0.118 e. The average molecular weight is 262 g/mol. The summed E-state index contributed by atoms with van der Waals surface area (Å²) in [6, 6.07) is 10.3. The van der Waals surface area contributed by atoms with Crippen molar-refractivity contribution in [3.8, 4) is 5.75 Å². The van der Waals surface area contributed by atoms with Crippen LogP contribution in [0, 0.1) is 13.8 Å². The van der Waals surface area contributed by atoms with Crippen LogP contribution in [0.5, 0.6) is 5.75 Å². The van der Waals surface area contributed by atoms with Gasteiger partial charge in [0.25, 0.3) is 0 Å². The monoisotopic (exact) mass is 262 g/mol. The zero-order valence-corrected chi connectivity index (χ0v) is 11.8. The second-order valence-corrected chi connectivity index (χ2v) is 5.34. The molecular formula is C14H18N2OS. The lowest BCUT2D eigenvalue weighted by Gasteiger charge is -2.05. The Morgan fingerprint density at radius 3 is 2.50 bits per heavy atom. The summed E-state index contributed by atoms with van der Waals surface area (Å²) in [7, 11) is 1.69. The molecule has 0 aliphatic carbocycles. The van der Waals surface area contributed by atoms with Crippen LogP contribution in [0.3, 0.4) is 0 Å². The van der Waals surface area contributed by atoms with Gasteiger partial charge >= 0.3 is 0 Å². The van der Waals surface area contributed by atoms with E-state index < -0.39 is 0 Å². The van der Waals surface area contributed by atoms with Gasteiger partial charge in [-0.15, -0.1) is 11.8 Å². The summed E-state index contributed by atoms with van der Waals surface area (Å²) in [5, 5.41) is 4.45. The number of hydrogen-bond acceptors (Lipinski definition) is 3. The summed E-state index contributed by atoms with van der Waals surface area (Å²) in [5.74, 6) is 1.92.